The molecule has 0 aliphatic carbocycles. The second kappa shape index (κ2) is 6.65. The zero-order valence-electron chi connectivity index (χ0n) is 12.4. The van der Waals surface area contributed by atoms with Gasteiger partial charge in [0.1, 0.15) is 17.3 Å². The molecule has 0 spiro atoms. The number of carbonyl (C=O) groups excluding carboxylic acids is 1. The van der Waals surface area contributed by atoms with Crippen LogP contribution in [0.5, 0.6) is 0 Å². The fraction of sp³-hybridized carbons (Fsp3) is 0.133. The van der Waals surface area contributed by atoms with Crippen molar-refractivity contribution >= 4 is 17.5 Å². The molecule has 1 amide bonds. The summed E-state index contributed by atoms with van der Waals surface area (Å²) in [7, 11) is 0. The minimum absolute atomic E-state index is 0.237. The number of nitrogens with zero attached hydrogens (tertiary/aromatic N) is 4. The molecule has 8 heteroatoms. The Bertz CT molecular complexity index is 785. The summed E-state index contributed by atoms with van der Waals surface area (Å²) in [6.45, 7) is 2.20. The lowest BCUT2D eigenvalue weighted by molar-refractivity contribution is 0.0945. The van der Waals surface area contributed by atoms with Crippen LogP contribution in [-0.4, -0.2) is 26.0 Å². The van der Waals surface area contributed by atoms with Gasteiger partial charge < -0.3 is 15.2 Å². The number of carbonyl (C=O) groups is 1. The highest BCUT2D eigenvalue weighted by molar-refractivity contribution is 5.91. The molecule has 0 atom stereocenters. The van der Waals surface area contributed by atoms with Crippen LogP contribution in [0, 0.1) is 6.92 Å². The van der Waals surface area contributed by atoms with Crippen LogP contribution in [-0.2, 0) is 6.54 Å². The highest BCUT2D eigenvalue weighted by atomic mass is 16.5. The molecule has 0 aliphatic rings. The quantitative estimate of drug-likeness (QED) is 0.740. The Morgan fingerprint density at radius 1 is 1.17 bits per heavy atom. The molecule has 3 aromatic rings. The zero-order valence-corrected chi connectivity index (χ0v) is 12.4. The SMILES string of the molecule is Cc1cc(Nc2cnc(C(=O)NCc3ccncc3)cn2)no1. The van der Waals surface area contributed by atoms with Crippen LogP contribution in [0.2, 0.25) is 0 Å². The lowest BCUT2D eigenvalue weighted by atomic mass is 10.2. The Hall–Kier alpha value is -3.29. The largest absolute Gasteiger partial charge is 0.360 e. The van der Waals surface area contributed by atoms with Crippen molar-refractivity contribution in [2.45, 2.75) is 13.5 Å². The third-order valence-electron chi connectivity index (χ3n) is 2.97. The van der Waals surface area contributed by atoms with E-state index in [0.29, 0.717) is 23.9 Å². The molecular weight excluding hydrogens is 296 g/mol. The van der Waals surface area contributed by atoms with Crippen molar-refractivity contribution in [3.8, 4) is 0 Å². The van der Waals surface area contributed by atoms with Gasteiger partial charge in [0, 0.05) is 25.0 Å². The van der Waals surface area contributed by atoms with E-state index in [1.165, 1.54) is 12.4 Å². The van der Waals surface area contributed by atoms with E-state index in [1.54, 1.807) is 25.4 Å². The highest BCUT2D eigenvalue weighted by Crippen LogP contribution is 2.13. The van der Waals surface area contributed by atoms with E-state index in [9.17, 15) is 4.79 Å². The molecule has 8 nitrogen and oxygen atoms in total. The average Bonchev–Trinajstić information content (AvgIpc) is 2.99. The van der Waals surface area contributed by atoms with Gasteiger partial charge in [-0.3, -0.25) is 9.78 Å². The number of hydrogen-bond acceptors (Lipinski definition) is 7. The van der Waals surface area contributed by atoms with E-state index < -0.39 is 0 Å². The molecule has 116 valence electrons. The number of pyridine rings is 1. The number of aryl methyl sites for hydroxylation is 1. The maximum atomic E-state index is 12.0. The van der Waals surface area contributed by atoms with Crippen molar-refractivity contribution < 1.29 is 9.32 Å². The lowest BCUT2D eigenvalue weighted by Gasteiger charge is -2.05. The minimum atomic E-state index is -0.293. The number of anilines is 2. The maximum Gasteiger partial charge on any atom is 0.271 e. The standard InChI is InChI=1S/C15H14N6O2/c1-10-6-13(21-23-10)20-14-9-17-12(8-18-14)15(22)19-7-11-2-4-16-5-3-11/h2-6,8-9H,7H2,1H3,(H,19,22)(H,18,20,21). The van der Waals surface area contributed by atoms with Crippen LogP contribution in [0.1, 0.15) is 21.8 Å². The molecule has 0 saturated heterocycles. The first-order valence-electron chi connectivity index (χ1n) is 6.90. The molecule has 23 heavy (non-hydrogen) atoms. The third-order valence-corrected chi connectivity index (χ3v) is 2.97. The molecule has 0 fully saturated rings. The van der Waals surface area contributed by atoms with Gasteiger partial charge in [-0.05, 0) is 24.6 Å². The van der Waals surface area contributed by atoms with Gasteiger partial charge in [0.15, 0.2) is 5.82 Å². The van der Waals surface area contributed by atoms with E-state index in [1.807, 2.05) is 12.1 Å². The number of hydrogen-bond donors (Lipinski definition) is 2. The van der Waals surface area contributed by atoms with E-state index in [-0.39, 0.29) is 11.6 Å². The zero-order chi connectivity index (χ0) is 16.1. The number of amides is 1. The molecule has 0 unspecified atom stereocenters. The summed E-state index contributed by atoms with van der Waals surface area (Å²) in [5, 5.41) is 9.50. The van der Waals surface area contributed by atoms with Gasteiger partial charge in [-0.2, -0.15) is 0 Å². The van der Waals surface area contributed by atoms with Crippen LogP contribution in [0.4, 0.5) is 11.6 Å². The van der Waals surface area contributed by atoms with Gasteiger partial charge in [0.05, 0.1) is 12.4 Å². The van der Waals surface area contributed by atoms with Crippen molar-refractivity contribution in [1.29, 1.82) is 0 Å². The summed E-state index contributed by atoms with van der Waals surface area (Å²) in [4.78, 5) is 24.2. The fourth-order valence-electron chi connectivity index (χ4n) is 1.84. The van der Waals surface area contributed by atoms with Crippen LogP contribution < -0.4 is 10.6 Å². The Morgan fingerprint density at radius 3 is 2.65 bits per heavy atom. The first kappa shape index (κ1) is 14.6. The van der Waals surface area contributed by atoms with Crippen molar-refractivity contribution in [3.63, 3.8) is 0 Å². The van der Waals surface area contributed by atoms with Gasteiger partial charge >= 0.3 is 0 Å². The van der Waals surface area contributed by atoms with E-state index >= 15 is 0 Å². The van der Waals surface area contributed by atoms with Gasteiger partial charge in [-0.25, -0.2) is 9.97 Å². The van der Waals surface area contributed by atoms with E-state index in [4.69, 9.17) is 4.52 Å². The molecule has 0 bridgehead atoms. The number of aromatic nitrogens is 4. The van der Waals surface area contributed by atoms with Crippen LogP contribution in [0.3, 0.4) is 0 Å². The first-order valence-corrected chi connectivity index (χ1v) is 6.90. The highest BCUT2D eigenvalue weighted by Gasteiger charge is 2.08. The predicted octanol–water partition coefficient (Wildman–Crippen LogP) is 1.84. The topological polar surface area (TPSA) is 106 Å². The minimum Gasteiger partial charge on any atom is -0.360 e. The van der Waals surface area contributed by atoms with Gasteiger partial charge in [-0.15, -0.1) is 0 Å². The second-order valence-electron chi connectivity index (χ2n) is 4.77. The van der Waals surface area contributed by atoms with Crippen molar-refractivity contribution in [2.75, 3.05) is 5.32 Å². The van der Waals surface area contributed by atoms with Gasteiger partial charge in [0.25, 0.3) is 5.91 Å². The molecule has 3 aromatic heterocycles. The van der Waals surface area contributed by atoms with Crippen molar-refractivity contribution in [2.24, 2.45) is 0 Å². The van der Waals surface area contributed by atoms with E-state index in [2.05, 4.69) is 30.7 Å². The van der Waals surface area contributed by atoms with Crippen molar-refractivity contribution in [3.05, 3.63) is 60.0 Å². The van der Waals surface area contributed by atoms with Crippen LogP contribution in [0.15, 0.2) is 47.5 Å². The Kier molecular flexibility index (Phi) is 4.23. The first-order chi connectivity index (χ1) is 11.2. The summed E-state index contributed by atoms with van der Waals surface area (Å²) >= 11 is 0. The monoisotopic (exact) mass is 310 g/mol. The smallest absolute Gasteiger partial charge is 0.271 e. The Labute approximate surface area is 132 Å². The summed E-state index contributed by atoms with van der Waals surface area (Å²) in [6.07, 6.45) is 6.21. The van der Waals surface area contributed by atoms with Crippen LogP contribution in [0.25, 0.3) is 0 Å². The molecule has 3 heterocycles. The number of rotatable bonds is 5. The van der Waals surface area contributed by atoms with Gasteiger partial charge in [0.2, 0.25) is 0 Å². The molecule has 0 aromatic carbocycles. The fourth-order valence-corrected chi connectivity index (χ4v) is 1.84. The average molecular weight is 310 g/mol. The summed E-state index contributed by atoms with van der Waals surface area (Å²) in [5.41, 5.74) is 1.20. The predicted molar refractivity (Wildman–Crippen MR) is 82.0 cm³/mol. The van der Waals surface area contributed by atoms with Gasteiger partial charge in [-0.1, -0.05) is 5.16 Å². The molecule has 0 aliphatic heterocycles. The van der Waals surface area contributed by atoms with Crippen LogP contribution >= 0.6 is 0 Å². The number of nitrogens with one attached hydrogen (secondary N) is 2. The van der Waals surface area contributed by atoms with Crippen molar-refractivity contribution in [1.82, 2.24) is 25.4 Å². The Balaban J connectivity index is 1.59. The summed E-state index contributed by atoms with van der Waals surface area (Å²) < 4.78 is 4.94. The second-order valence-corrected chi connectivity index (χ2v) is 4.77. The van der Waals surface area contributed by atoms with E-state index in [0.717, 1.165) is 5.56 Å². The third kappa shape index (κ3) is 3.88. The molecule has 0 saturated carbocycles. The Morgan fingerprint density at radius 2 is 2.00 bits per heavy atom. The summed E-state index contributed by atoms with van der Waals surface area (Å²) in [6, 6.07) is 5.40. The normalized spacial score (nSPS) is 10.3. The molecular formula is C15H14N6O2. The maximum absolute atomic E-state index is 12.0. The molecule has 2 N–H and O–H groups in total. The molecule has 3 rings (SSSR count). The summed E-state index contributed by atoms with van der Waals surface area (Å²) in [5.74, 6) is 1.40. The molecule has 0 radical (unpaired) electrons. The lowest BCUT2D eigenvalue weighted by Crippen LogP contribution is -2.24.